The molecule has 0 aliphatic carbocycles. The molecule has 0 spiro atoms. The molecule has 0 unspecified atom stereocenters. The summed E-state index contributed by atoms with van der Waals surface area (Å²) >= 11 is 0. The van der Waals surface area contributed by atoms with Crippen LogP contribution in [0.3, 0.4) is 0 Å². The van der Waals surface area contributed by atoms with E-state index < -0.39 is 0 Å². The van der Waals surface area contributed by atoms with E-state index in [9.17, 15) is 0 Å². The molecule has 1 aromatic rings. The smallest absolute Gasteiger partial charge is 0.116 e. The lowest BCUT2D eigenvalue weighted by Gasteiger charge is -1.82. The van der Waals surface area contributed by atoms with Gasteiger partial charge in [0.15, 0.2) is 0 Å². The molecular formula is C8H8N2. The minimum Gasteiger partial charge on any atom is -0.244 e. The van der Waals surface area contributed by atoms with Gasteiger partial charge < -0.3 is 0 Å². The predicted molar refractivity (Wildman–Crippen MR) is 41.5 cm³/mol. The van der Waals surface area contributed by atoms with Gasteiger partial charge in [0.05, 0.1) is 5.35 Å². The molecule has 0 radical (unpaired) electrons. The summed E-state index contributed by atoms with van der Waals surface area (Å²) in [7, 11) is 0. The zero-order valence-electron chi connectivity index (χ0n) is 5.62. The average Bonchev–Trinajstić information content (AvgIpc) is 1.94. The molecule has 1 heterocycles. The van der Waals surface area contributed by atoms with Crippen molar-refractivity contribution in [3.05, 3.63) is 35.7 Å². The Labute approximate surface area is 59.3 Å². The van der Waals surface area contributed by atoms with Crippen LogP contribution in [0.1, 0.15) is 0 Å². The molecule has 0 amide bonds. The van der Waals surface area contributed by atoms with Gasteiger partial charge in [-0.3, -0.25) is 0 Å². The Hall–Kier alpha value is -1.44. The fourth-order valence-electron chi connectivity index (χ4n) is 0.632. The molecule has 1 rings (SSSR count). The van der Waals surface area contributed by atoms with Gasteiger partial charge in [-0.05, 0) is 0 Å². The van der Waals surface area contributed by atoms with Crippen molar-refractivity contribution in [2.24, 2.45) is 0 Å². The average molecular weight is 132 g/mol. The van der Waals surface area contributed by atoms with Crippen LogP contribution in [0.4, 0.5) is 0 Å². The van der Waals surface area contributed by atoms with Crippen LogP contribution in [0.15, 0.2) is 25.2 Å². The highest BCUT2D eigenvalue weighted by Gasteiger charge is 1.77. The Morgan fingerprint density at radius 2 is 2.30 bits per heavy atom. The SMILES string of the molecule is C=C/C=c1/cncnc1=C. The molecular weight excluding hydrogens is 124 g/mol. The quantitative estimate of drug-likeness (QED) is 0.531. The maximum atomic E-state index is 3.90. The molecule has 50 valence electrons. The normalized spacial score (nSPS) is 11.4. The van der Waals surface area contributed by atoms with Crippen molar-refractivity contribution in [3.8, 4) is 0 Å². The van der Waals surface area contributed by atoms with Crippen molar-refractivity contribution in [3.63, 3.8) is 0 Å². The molecule has 0 saturated heterocycles. The third kappa shape index (κ3) is 1.29. The van der Waals surface area contributed by atoms with Gasteiger partial charge in [0, 0.05) is 11.4 Å². The van der Waals surface area contributed by atoms with E-state index in [0.717, 1.165) is 10.6 Å². The maximum Gasteiger partial charge on any atom is 0.116 e. The summed E-state index contributed by atoms with van der Waals surface area (Å²) in [6.45, 7) is 7.27. The molecule has 10 heavy (non-hydrogen) atoms. The van der Waals surface area contributed by atoms with Gasteiger partial charge in [-0.2, -0.15) is 0 Å². The van der Waals surface area contributed by atoms with Crippen LogP contribution < -0.4 is 10.6 Å². The lowest BCUT2D eigenvalue weighted by atomic mass is 10.4. The summed E-state index contributed by atoms with van der Waals surface area (Å²) in [5.74, 6) is 0. The van der Waals surface area contributed by atoms with Crippen molar-refractivity contribution in [1.29, 1.82) is 0 Å². The Kier molecular flexibility index (Phi) is 1.95. The molecule has 0 atom stereocenters. The Morgan fingerprint density at radius 3 is 2.90 bits per heavy atom. The van der Waals surface area contributed by atoms with E-state index in [2.05, 4.69) is 23.1 Å². The number of hydrogen-bond acceptors (Lipinski definition) is 2. The van der Waals surface area contributed by atoms with Gasteiger partial charge in [0.1, 0.15) is 6.33 Å². The molecule has 2 heteroatoms. The highest BCUT2D eigenvalue weighted by molar-refractivity contribution is 5.33. The summed E-state index contributed by atoms with van der Waals surface area (Å²) < 4.78 is 0. The second-order valence-corrected chi connectivity index (χ2v) is 1.83. The highest BCUT2D eigenvalue weighted by Crippen LogP contribution is 1.61. The number of allylic oxidation sites excluding steroid dienone is 1. The zero-order chi connectivity index (χ0) is 7.40. The number of nitrogens with zero attached hydrogens (tertiary/aromatic N) is 2. The van der Waals surface area contributed by atoms with Gasteiger partial charge in [-0.25, -0.2) is 9.97 Å². The van der Waals surface area contributed by atoms with Crippen LogP contribution in [0, 0.1) is 0 Å². The Morgan fingerprint density at radius 1 is 1.50 bits per heavy atom. The molecule has 1 aromatic heterocycles. The maximum absolute atomic E-state index is 3.90. The first-order chi connectivity index (χ1) is 4.84. The number of hydrogen-bond donors (Lipinski definition) is 0. The minimum atomic E-state index is 0.731. The van der Waals surface area contributed by atoms with Crippen LogP contribution >= 0.6 is 0 Å². The summed E-state index contributed by atoms with van der Waals surface area (Å²) in [5.41, 5.74) is 0. The van der Waals surface area contributed by atoms with E-state index in [-0.39, 0.29) is 0 Å². The molecule has 0 aliphatic rings. The molecule has 0 bridgehead atoms. The van der Waals surface area contributed by atoms with Crippen LogP contribution in [0.25, 0.3) is 12.7 Å². The Balaban J connectivity index is 3.43. The molecule has 0 saturated carbocycles. The first kappa shape index (κ1) is 6.68. The van der Waals surface area contributed by atoms with E-state index in [1.807, 2.05) is 6.08 Å². The predicted octanol–water partition coefficient (Wildman–Crippen LogP) is -0.147. The summed E-state index contributed by atoms with van der Waals surface area (Å²) in [4.78, 5) is 7.73. The van der Waals surface area contributed by atoms with Crippen molar-refractivity contribution in [2.75, 3.05) is 0 Å². The zero-order valence-corrected chi connectivity index (χ0v) is 5.62. The van der Waals surface area contributed by atoms with Crippen molar-refractivity contribution < 1.29 is 0 Å². The topological polar surface area (TPSA) is 25.8 Å². The van der Waals surface area contributed by atoms with Gasteiger partial charge in [0.2, 0.25) is 0 Å². The Bertz CT molecular complexity index is 327. The van der Waals surface area contributed by atoms with Crippen LogP contribution in [-0.4, -0.2) is 9.97 Å². The van der Waals surface area contributed by atoms with E-state index in [4.69, 9.17) is 0 Å². The first-order valence-corrected chi connectivity index (χ1v) is 2.92. The standard InChI is InChI=1S/C8H8N2/c1-3-4-8-5-9-6-10-7(8)2/h3-6H,1-2H2/b8-4-. The fourth-order valence-corrected chi connectivity index (χ4v) is 0.632. The third-order valence-corrected chi connectivity index (χ3v) is 1.12. The molecule has 0 N–H and O–H groups in total. The number of rotatable bonds is 1. The molecule has 0 aromatic carbocycles. The van der Waals surface area contributed by atoms with Crippen LogP contribution in [0.5, 0.6) is 0 Å². The second kappa shape index (κ2) is 2.92. The van der Waals surface area contributed by atoms with Gasteiger partial charge in [-0.15, -0.1) is 0 Å². The third-order valence-electron chi connectivity index (χ3n) is 1.12. The minimum absolute atomic E-state index is 0.731. The summed E-state index contributed by atoms with van der Waals surface area (Å²) in [6, 6.07) is 0. The van der Waals surface area contributed by atoms with Crippen molar-refractivity contribution in [1.82, 2.24) is 9.97 Å². The summed E-state index contributed by atoms with van der Waals surface area (Å²) in [6.07, 6.45) is 6.69. The molecule has 0 aliphatic heterocycles. The molecule has 0 fully saturated rings. The van der Waals surface area contributed by atoms with Crippen molar-refractivity contribution >= 4 is 12.7 Å². The second-order valence-electron chi connectivity index (χ2n) is 1.83. The summed E-state index contributed by atoms with van der Waals surface area (Å²) in [5, 5.41) is 1.65. The largest absolute Gasteiger partial charge is 0.244 e. The van der Waals surface area contributed by atoms with Gasteiger partial charge in [0.25, 0.3) is 0 Å². The van der Waals surface area contributed by atoms with Crippen LogP contribution in [0.2, 0.25) is 0 Å². The van der Waals surface area contributed by atoms with E-state index in [0.29, 0.717) is 0 Å². The fraction of sp³-hybridized carbons (Fsp3) is 0. The first-order valence-electron chi connectivity index (χ1n) is 2.92. The monoisotopic (exact) mass is 132 g/mol. The highest BCUT2D eigenvalue weighted by atomic mass is 14.8. The number of aromatic nitrogens is 2. The lowest BCUT2D eigenvalue weighted by Crippen LogP contribution is -2.26. The van der Waals surface area contributed by atoms with E-state index in [1.54, 1.807) is 12.3 Å². The van der Waals surface area contributed by atoms with Crippen LogP contribution in [-0.2, 0) is 0 Å². The molecule has 2 nitrogen and oxygen atoms in total. The van der Waals surface area contributed by atoms with E-state index in [1.165, 1.54) is 6.33 Å². The van der Waals surface area contributed by atoms with E-state index >= 15 is 0 Å². The lowest BCUT2D eigenvalue weighted by molar-refractivity contribution is 1.10. The van der Waals surface area contributed by atoms with Gasteiger partial charge in [-0.1, -0.05) is 25.3 Å². The van der Waals surface area contributed by atoms with Gasteiger partial charge >= 0.3 is 0 Å². The van der Waals surface area contributed by atoms with Crippen molar-refractivity contribution in [2.45, 2.75) is 0 Å².